The summed E-state index contributed by atoms with van der Waals surface area (Å²) >= 11 is 3.28. The quantitative estimate of drug-likeness (QED) is 0.603. The number of nitro groups is 1. The lowest BCUT2D eigenvalue weighted by atomic mass is 10.1. The molecule has 0 amide bonds. The zero-order chi connectivity index (χ0) is 16.1. The minimum atomic E-state index is -0.725. The van der Waals surface area contributed by atoms with E-state index in [-0.39, 0.29) is 12.2 Å². The topological polar surface area (TPSA) is 84.6 Å². The van der Waals surface area contributed by atoms with Gasteiger partial charge >= 0.3 is 0 Å². The molecule has 22 heavy (non-hydrogen) atoms. The highest BCUT2D eigenvalue weighted by Gasteiger charge is 2.12. The summed E-state index contributed by atoms with van der Waals surface area (Å²) in [5.41, 5.74) is 1.41. The predicted molar refractivity (Wildman–Crippen MR) is 87.2 cm³/mol. The van der Waals surface area contributed by atoms with E-state index in [0.717, 1.165) is 5.56 Å². The predicted octanol–water partition coefficient (Wildman–Crippen LogP) is 3.51. The molecule has 0 spiro atoms. The molecule has 1 atom stereocenters. The van der Waals surface area contributed by atoms with Crippen molar-refractivity contribution in [1.82, 2.24) is 0 Å². The molecule has 7 heteroatoms. The molecule has 0 bridgehead atoms. The first-order chi connectivity index (χ1) is 10.5. The van der Waals surface area contributed by atoms with Gasteiger partial charge in [0.25, 0.3) is 5.69 Å². The highest BCUT2D eigenvalue weighted by atomic mass is 79.9. The lowest BCUT2D eigenvalue weighted by Crippen LogP contribution is -2.12. The summed E-state index contributed by atoms with van der Waals surface area (Å²) in [4.78, 5) is 10.2. The Morgan fingerprint density at radius 2 is 2.14 bits per heavy atom. The smallest absolute Gasteiger partial charge is 0.270 e. The van der Waals surface area contributed by atoms with Gasteiger partial charge in [-0.1, -0.05) is 12.1 Å². The summed E-state index contributed by atoms with van der Waals surface area (Å²) < 4.78 is 5.69. The van der Waals surface area contributed by atoms with E-state index in [9.17, 15) is 15.2 Å². The molecule has 0 saturated heterocycles. The second-order valence-electron chi connectivity index (χ2n) is 4.59. The lowest BCUT2D eigenvalue weighted by molar-refractivity contribution is -0.384. The Bertz CT molecular complexity index is 678. The number of nitrogens with zero attached hydrogens (tertiary/aromatic N) is 1. The van der Waals surface area contributed by atoms with Gasteiger partial charge in [0, 0.05) is 28.8 Å². The van der Waals surface area contributed by atoms with Gasteiger partial charge in [-0.15, -0.1) is 0 Å². The van der Waals surface area contributed by atoms with Crippen molar-refractivity contribution in [3.05, 3.63) is 62.6 Å². The first-order valence-electron chi connectivity index (χ1n) is 6.51. The van der Waals surface area contributed by atoms with Gasteiger partial charge in [-0.3, -0.25) is 10.1 Å². The molecule has 0 saturated carbocycles. The average molecular weight is 367 g/mol. The van der Waals surface area contributed by atoms with E-state index in [4.69, 9.17) is 4.74 Å². The third-order valence-corrected chi connectivity index (χ3v) is 3.78. The molecule has 0 aliphatic rings. The van der Waals surface area contributed by atoms with Crippen molar-refractivity contribution < 1.29 is 14.8 Å². The van der Waals surface area contributed by atoms with Crippen LogP contribution in [0.4, 0.5) is 11.4 Å². The molecular formula is C15H15BrN2O4. The normalized spacial score (nSPS) is 11.8. The number of hydrogen-bond donors (Lipinski definition) is 2. The van der Waals surface area contributed by atoms with Crippen molar-refractivity contribution in [1.29, 1.82) is 0 Å². The van der Waals surface area contributed by atoms with Crippen LogP contribution in [0.25, 0.3) is 0 Å². The molecule has 2 aromatic rings. The summed E-state index contributed by atoms with van der Waals surface area (Å²) in [5, 5.41) is 23.9. The maximum Gasteiger partial charge on any atom is 0.270 e. The van der Waals surface area contributed by atoms with Crippen LogP contribution in [0.1, 0.15) is 11.7 Å². The van der Waals surface area contributed by atoms with Gasteiger partial charge in [0.05, 0.1) is 18.1 Å². The van der Waals surface area contributed by atoms with Gasteiger partial charge in [-0.05, 0) is 39.7 Å². The van der Waals surface area contributed by atoms with Crippen LogP contribution in [0.15, 0.2) is 46.9 Å². The number of halogens is 1. The molecule has 0 heterocycles. The third-order valence-electron chi connectivity index (χ3n) is 3.13. The second-order valence-corrected chi connectivity index (χ2v) is 5.45. The largest absolute Gasteiger partial charge is 0.497 e. The Labute approximate surface area is 136 Å². The molecule has 2 aromatic carbocycles. The highest BCUT2D eigenvalue weighted by molar-refractivity contribution is 9.10. The standard InChI is InChI=1S/C15H15BrN2O4/c1-22-12-4-2-3-10(7-12)15(19)9-17-14-6-5-11(18(20)21)8-13(14)16/h2-8,15,17,19H,9H2,1H3. The molecule has 2 N–H and O–H groups in total. The minimum absolute atomic E-state index is 0.00534. The Morgan fingerprint density at radius 1 is 1.36 bits per heavy atom. The number of hydrogen-bond acceptors (Lipinski definition) is 5. The van der Waals surface area contributed by atoms with E-state index in [1.165, 1.54) is 12.1 Å². The van der Waals surface area contributed by atoms with Gasteiger partial charge in [0.15, 0.2) is 0 Å². The lowest BCUT2D eigenvalue weighted by Gasteiger charge is -2.15. The third kappa shape index (κ3) is 3.96. The van der Waals surface area contributed by atoms with Crippen molar-refractivity contribution in [2.24, 2.45) is 0 Å². The number of nitrogens with one attached hydrogen (secondary N) is 1. The first kappa shape index (κ1) is 16.3. The summed E-state index contributed by atoms with van der Waals surface area (Å²) in [6.45, 7) is 0.267. The fourth-order valence-electron chi connectivity index (χ4n) is 1.93. The molecule has 0 aliphatic carbocycles. The molecule has 0 aromatic heterocycles. The number of nitro benzene ring substituents is 1. The number of benzene rings is 2. The first-order valence-corrected chi connectivity index (χ1v) is 7.30. The van der Waals surface area contributed by atoms with Crippen LogP contribution >= 0.6 is 15.9 Å². The molecule has 0 radical (unpaired) electrons. The Kier molecular flexibility index (Phi) is 5.35. The number of anilines is 1. The van der Waals surface area contributed by atoms with E-state index in [1.54, 1.807) is 37.4 Å². The summed E-state index contributed by atoms with van der Waals surface area (Å²) in [7, 11) is 1.57. The number of methoxy groups -OCH3 is 1. The van der Waals surface area contributed by atoms with Crippen LogP contribution in [0, 0.1) is 10.1 Å². The van der Waals surface area contributed by atoms with Crippen LogP contribution < -0.4 is 10.1 Å². The van der Waals surface area contributed by atoms with E-state index in [0.29, 0.717) is 15.9 Å². The second kappa shape index (κ2) is 7.24. The van der Waals surface area contributed by atoms with Crippen LogP contribution in [0.2, 0.25) is 0 Å². The SMILES string of the molecule is COc1cccc(C(O)CNc2ccc([N+](=O)[O-])cc2Br)c1. The van der Waals surface area contributed by atoms with E-state index < -0.39 is 11.0 Å². The van der Waals surface area contributed by atoms with Crippen molar-refractivity contribution in [2.75, 3.05) is 19.0 Å². The molecule has 0 aliphatic heterocycles. The molecule has 116 valence electrons. The number of aliphatic hydroxyl groups excluding tert-OH is 1. The van der Waals surface area contributed by atoms with Gasteiger partial charge in [0.1, 0.15) is 5.75 Å². The maximum atomic E-state index is 10.7. The van der Waals surface area contributed by atoms with E-state index in [1.807, 2.05) is 0 Å². The van der Waals surface area contributed by atoms with Crippen molar-refractivity contribution >= 4 is 27.3 Å². The summed E-state index contributed by atoms with van der Waals surface area (Å²) in [5.74, 6) is 0.674. The molecular weight excluding hydrogens is 352 g/mol. The summed E-state index contributed by atoms with van der Waals surface area (Å²) in [6, 6.07) is 11.6. The van der Waals surface area contributed by atoms with Crippen LogP contribution in [-0.2, 0) is 0 Å². The van der Waals surface area contributed by atoms with Gasteiger partial charge in [-0.2, -0.15) is 0 Å². The van der Waals surface area contributed by atoms with Gasteiger partial charge < -0.3 is 15.2 Å². The Balaban J connectivity index is 2.04. The van der Waals surface area contributed by atoms with Crippen molar-refractivity contribution in [3.63, 3.8) is 0 Å². The van der Waals surface area contributed by atoms with Gasteiger partial charge in [-0.25, -0.2) is 0 Å². The minimum Gasteiger partial charge on any atom is -0.497 e. The average Bonchev–Trinajstić information content (AvgIpc) is 2.53. The fraction of sp³-hybridized carbons (Fsp3) is 0.200. The van der Waals surface area contributed by atoms with Crippen molar-refractivity contribution in [3.8, 4) is 5.75 Å². The molecule has 2 rings (SSSR count). The van der Waals surface area contributed by atoms with Crippen LogP contribution in [0.3, 0.4) is 0 Å². The number of rotatable bonds is 6. The summed E-state index contributed by atoms with van der Waals surface area (Å²) in [6.07, 6.45) is -0.725. The van der Waals surface area contributed by atoms with Gasteiger partial charge in [0.2, 0.25) is 0 Å². The highest BCUT2D eigenvalue weighted by Crippen LogP contribution is 2.28. The number of non-ortho nitro benzene ring substituents is 1. The molecule has 0 fully saturated rings. The van der Waals surface area contributed by atoms with Crippen LogP contribution in [0.5, 0.6) is 5.75 Å². The fourth-order valence-corrected chi connectivity index (χ4v) is 2.44. The molecule has 6 nitrogen and oxygen atoms in total. The zero-order valence-electron chi connectivity index (χ0n) is 11.8. The zero-order valence-corrected chi connectivity index (χ0v) is 13.4. The monoisotopic (exact) mass is 366 g/mol. The van der Waals surface area contributed by atoms with Crippen molar-refractivity contribution in [2.45, 2.75) is 6.10 Å². The Hall–Kier alpha value is -2.12. The number of aliphatic hydroxyl groups is 1. The number of ether oxygens (including phenoxy) is 1. The maximum absolute atomic E-state index is 10.7. The Morgan fingerprint density at radius 3 is 2.77 bits per heavy atom. The van der Waals surface area contributed by atoms with E-state index in [2.05, 4.69) is 21.2 Å². The van der Waals surface area contributed by atoms with E-state index >= 15 is 0 Å². The van der Waals surface area contributed by atoms with Crippen LogP contribution in [-0.4, -0.2) is 23.7 Å². The molecule has 1 unspecified atom stereocenters.